The van der Waals surface area contributed by atoms with E-state index in [9.17, 15) is 0 Å². The Hall–Kier alpha value is -5.40. The molecule has 0 aliphatic heterocycles. The number of benzene rings is 7. The Morgan fingerprint density at radius 3 is 1.78 bits per heavy atom. The first kappa shape index (κ1) is 32.1. The molecule has 54 heavy (non-hydrogen) atoms. The highest BCUT2D eigenvalue weighted by Gasteiger charge is 2.51. The van der Waals surface area contributed by atoms with Crippen LogP contribution in [0.1, 0.15) is 69.1 Å². The number of nitrogens with zero attached hydrogens (tertiary/aromatic N) is 1. The van der Waals surface area contributed by atoms with E-state index in [-0.39, 0.29) is 5.41 Å². The zero-order valence-corrected chi connectivity index (χ0v) is 31.4. The van der Waals surface area contributed by atoms with Crippen LogP contribution in [0.5, 0.6) is 0 Å². The summed E-state index contributed by atoms with van der Waals surface area (Å²) in [5.74, 6) is 2.80. The van der Waals surface area contributed by atoms with E-state index in [1.54, 1.807) is 5.56 Å². The molecule has 0 amide bonds. The van der Waals surface area contributed by atoms with Crippen LogP contribution in [0.2, 0.25) is 0 Å². The predicted octanol–water partition coefficient (Wildman–Crippen LogP) is 14.4. The van der Waals surface area contributed by atoms with Crippen molar-refractivity contribution in [3.05, 3.63) is 174 Å². The molecule has 0 heterocycles. The van der Waals surface area contributed by atoms with Crippen molar-refractivity contribution in [2.75, 3.05) is 4.90 Å². The van der Waals surface area contributed by atoms with E-state index in [4.69, 9.17) is 0 Å². The van der Waals surface area contributed by atoms with E-state index in [1.165, 1.54) is 111 Å². The number of hydrogen-bond acceptors (Lipinski definition) is 1. The monoisotopic (exact) mass is 697 g/mol. The van der Waals surface area contributed by atoms with Gasteiger partial charge >= 0.3 is 0 Å². The highest BCUT2D eigenvalue weighted by atomic mass is 15.1. The quantitative estimate of drug-likeness (QED) is 0.167. The van der Waals surface area contributed by atoms with Crippen molar-refractivity contribution >= 4 is 27.8 Å². The first-order chi connectivity index (χ1) is 26.4. The minimum absolute atomic E-state index is 0.0748. The summed E-state index contributed by atoms with van der Waals surface area (Å²) in [7, 11) is 0. The molecule has 1 heteroatoms. The number of anilines is 3. The van der Waals surface area contributed by atoms with Crippen LogP contribution in [-0.4, -0.2) is 0 Å². The summed E-state index contributed by atoms with van der Waals surface area (Å²) in [4.78, 5) is 2.55. The summed E-state index contributed by atoms with van der Waals surface area (Å²) in [5.41, 5.74) is 16.0. The molecular weight excluding hydrogens is 651 g/mol. The van der Waals surface area contributed by atoms with E-state index in [1.807, 2.05) is 0 Å². The summed E-state index contributed by atoms with van der Waals surface area (Å²) < 4.78 is 0. The summed E-state index contributed by atoms with van der Waals surface area (Å²) in [5, 5.41) is 2.56. The van der Waals surface area contributed by atoms with Gasteiger partial charge in [0.15, 0.2) is 0 Å². The normalized spacial score (nSPS) is 23.0. The summed E-state index contributed by atoms with van der Waals surface area (Å²) in [6.07, 6.45) is 8.58. The molecule has 0 N–H and O–H groups in total. The lowest BCUT2D eigenvalue weighted by atomic mass is 9.48. The molecule has 0 radical (unpaired) electrons. The fourth-order valence-electron chi connectivity index (χ4n) is 12.0. The van der Waals surface area contributed by atoms with Crippen LogP contribution < -0.4 is 4.90 Å². The molecule has 7 aromatic carbocycles. The van der Waals surface area contributed by atoms with Gasteiger partial charge in [-0.1, -0.05) is 141 Å². The SMILES string of the molecule is CC1(C)c2ccccc2-c2c(N(c3ccc(C45CC6CC(CC(C6)C4)C5)cc3)c3cccc(-c4cccc5cccc(-c6ccccc6)c45)c3)cccc21. The largest absolute Gasteiger partial charge is 0.310 e. The maximum atomic E-state index is 2.55. The van der Waals surface area contributed by atoms with Gasteiger partial charge in [-0.25, -0.2) is 0 Å². The van der Waals surface area contributed by atoms with Crippen molar-refractivity contribution in [2.24, 2.45) is 17.8 Å². The summed E-state index contributed by atoms with van der Waals surface area (Å²) in [6.45, 7) is 4.77. The molecule has 5 aliphatic rings. The van der Waals surface area contributed by atoms with E-state index < -0.39 is 0 Å². The number of rotatable bonds is 6. The van der Waals surface area contributed by atoms with Gasteiger partial charge in [0.1, 0.15) is 0 Å². The third kappa shape index (κ3) is 4.90. The van der Waals surface area contributed by atoms with Crippen molar-refractivity contribution in [1.82, 2.24) is 0 Å². The second kappa shape index (κ2) is 12.1. The second-order valence-corrected chi connectivity index (χ2v) is 17.6. The first-order valence-corrected chi connectivity index (χ1v) is 20.3. The molecule has 5 aliphatic carbocycles. The van der Waals surface area contributed by atoms with Crippen molar-refractivity contribution in [1.29, 1.82) is 0 Å². The summed E-state index contributed by atoms with van der Waals surface area (Å²) >= 11 is 0. The highest BCUT2D eigenvalue weighted by molar-refractivity contribution is 6.07. The minimum Gasteiger partial charge on any atom is -0.310 e. The van der Waals surface area contributed by atoms with E-state index in [0.29, 0.717) is 5.41 Å². The van der Waals surface area contributed by atoms with Crippen molar-refractivity contribution in [3.8, 4) is 33.4 Å². The Labute approximate surface area is 320 Å². The maximum absolute atomic E-state index is 2.55. The van der Waals surface area contributed by atoms with E-state index in [2.05, 4.69) is 176 Å². The second-order valence-electron chi connectivity index (χ2n) is 17.6. The Bertz CT molecular complexity index is 2520. The van der Waals surface area contributed by atoms with E-state index in [0.717, 1.165) is 17.8 Å². The van der Waals surface area contributed by atoms with Crippen molar-refractivity contribution in [3.63, 3.8) is 0 Å². The molecule has 7 aromatic rings. The molecule has 4 saturated carbocycles. The zero-order chi connectivity index (χ0) is 36.0. The molecule has 12 rings (SSSR count). The molecule has 0 unspecified atom stereocenters. The smallest absolute Gasteiger partial charge is 0.0543 e. The van der Waals surface area contributed by atoms with Gasteiger partial charge in [-0.05, 0) is 147 Å². The third-order valence-corrected chi connectivity index (χ3v) is 14.0. The topological polar surface area (TPSA) is 3.24 Å². The van der Waals surface area contributed by atoms with Crippen LogP contribution in [0, 0.1) is 17.8 Å². The Morgan fingerprint density at radius 1 is 0.481 bits per heavy atom. The lowest BCUT2D eigenvalue weighted by molar-refractivity contribution is -0.00518. The van der Waals surface area contributed by atoms with Gasteiger partial charge in [-0.3, -0.25) is 0 Å². The fourth-order valence-corrected chi connectivity index (χ4v) is 12.0. The van der Waals surface area contributed by atoms with E-state index >= 15 is 0 Å². The van der Waals surface area contributed by atoms with Crippen molar-refractivity contribution < 1.29 is 0 Å². The zero-order valence-electron chi connectivity index (χ0n) is 31.4. The number of fused-ring (bicyclic) bond motifs is 4. The van der Waals surface area contributed by atoms with Gasteiger partial charge < -0.3 is 4.90 Å². The van der Waals surface area contributed by atoms with Crippen LogP contribution in [-0.2, 0) is 10.8 Å². The standard InChI is InChI=1S/C53H47N/c1-52(2)47-21-7-6-18-46(47)51-48(52)22-11-23-49(51)54(42-26-24-41(25-27-42)53-32-35-28-36(33-53)30-37(29-35)34-53)43-17-8-16-40(31-43)45-20-10-15-39-14-9-19-44(50(39)45)38-12-4-3-5-13-38/h3-27,31,35-37H,28-30,32-34H2,1-2H3. The van der Waals surface area contributed by atoms with Gasteiger partial charge in [0.2, 0.25) is 0 Å². The Morgan fingerprint density at radius 2 is 1.06 bits per heavy atom. The van der Waals surface area contributed by atoms with Gasteiger partial charge in [0, 0.05) is 22.4 Å². The minimum atomic E-state index is -0.0748. The van der Waals surface area contributed by atoms with Crippen LogP contribution in [0.15, 0.2) is 158 Å². The first-order valence-electron chi connectivity index (χ1n) is 20.3. The molecule has 1 nitrogen and oxygen atoms in total. The Balaban J connectivity index is 1.09. The molecular formula is C53H47N. The lowest BCUT2D eigenvalue weighted by Crippen LogP contribution is -2.48. The predicted molar refractivity (Wildman–Crippen MR) is 227 cm³/mol. The molecule has 4 fully saturated rings. The van der Waals surface area contributed by atoms with Crippen LogP contribution in [0.4, 0.5) is 17.1 Å². The molecule has 0 saturated heterocycles. The fraction of sp³-hybridized carbons (Fsp3) is 0.245. The third-order valence-electron chi connectivity index (χ3n) is 14.0. The van der Waals surface area contributed by atoms with Gasteiger partial charge in [0.05, 0.1) is 5.69 Å². The lowest BCUT2D eigenvalue weighted by Gasteiger charge is -2.57. The van der Waals surface area contributed by atoms with Gasteiger partial charge in [0.25, 0.3) is 0 Å². The molecule has 264 valence electrons. The van der Waals surface area contributed by atoms with Gasteiger partial charge in [-0.15, -0.1) is 0 Å². The van der Waals surface area contributed by atoms with Gasteiger partial charge in [-0.2, -0.15) is 0 Å². The maximum Gasteiger partial charge on any atom is 0.0543 e. The number of hydrogen-bond donors (Lipinski definition) is 0. The average Bonchev–Trinajstić information content (AvgIpc) is 3.44. The van der Waals surface area contributed by atoms with Crippen LogP contribution >= 0.6 is 0 Å². The molecule has 0 spiro atoms. The molecule has 0 aromatic heterocycles. The highest BCUT2D eigenvalue weighted by Crippen LogP contribution is 2.61. The Kier molecular flexibility index (Phi) is 7.16. The van der Waals surface area contributed by atoms with Crippen molar-refractivity contribution in [2.45, 2.75) is 63.2 Å². The average molecular weight is 698 g/mol. The summed E-state index contributed by atoms with van der Waals surface area (Å²) in [6, 6.07) is 59.5. The van der Waals surface area contributed by atoms with Crippen LogP contribution in [0.25, 0.3) is 44.2 Å². The molecule has 0 atom stereocenters. The van der Waals surface area contributed by atoms with Crippen LogP contribution in [0.3, 0.4) is 0 Å². The molecule has 4 bridgehead atoms.